The van der Waals surface area contributed by atoms with Gasteiger partial charge in [0.1, 0.15) is 0 Å². The predicted molar refractivity (Wildman–Crippen MR) is 207 cm³/mol. The van der Waals surface area contributed by atoms with Gasteiger partial charge in [0.2, 0.25) is 0 Å². The van der Waals surface area contributed by atoms with E-state index >= 15 is 0 Å². The summed E-state index contributed by atoms with van der Waals surface area (Å²) < 4.78 is 0. The van der Waals surface area contributed by atoms with Gasteiger partial charge in [0.25, 0.3) is 0 Å². The largest absolute Gasteiger partial charge is 0.247 e. The minimum absolute atomic E-state index is 0.691. The Balaban J connectivity index is 1.24. The van der Waals surface area contributed by atoms with Crippen molar-refractivity contribution in [3.63, 3.8) is 0 Å². The van der Waals surface area contributed by atoms with Gasteiger partial charge in [0, 0.05) is 33.2 Å². The standard InChI is InChI=1S/C47H31N3/c1-5-15-32(16-6-1)40-30-42(34-17-7-2-8-18-34)48-46-41(29-38-23-13-14-24-39(38)45(40)46)33-25-27-37(28-26-33)47-49-43(35-19-9-3-10-20-35)31-44(50-47)36-21-11-4-12-22-36/h1-31H. The van der Waals surface area contributed by atoms with Crippen molar-refractivity contribution < 1.29 is 0 Å². The highest BCUT2D eigenvalue weighted by atomic mass is 14.9. The van der Waals surface area contributed by atoms with Crippen LogP contribution in [0.4, 0.5) is 0 Å². The first-order valence-electron chi connectivity index (χ1n) is 16.9. The average Bonchev–Trinajstić information content (AvgIpc) is 3.21. The van der Waals surface area contributed by atoms with Crippen molar-refractivity contribution in [1.82, 2.24) is 15.0 Å². The van der Waals surface area contributed by atoms with Gasteiger partial charge < -0.3 is 0 Å². The van der Waals surface area contributed by atoms with Crippen LogP contribution < -0.4 is 0 Å². The van der Waals surface area contributed by atoms with Crippen molar-refractivity contribution in [2.24, 2.45) is 0 Å². The first-order chi connectivity index (χ1) is 24.8. The molecule has 50 heavy (non-hydrogen) atoms. The Morgan fingerprint density at radius 3 is 1.30 bits per heavy atom. The summed E-state index contributed by atoms with van der Waals surface area (Å²) in [7, 11) is 0. The number of hydrogen-bond acceptors (Lipinski definition) is 3. The highest BCUT2D eigenvalue weighted by Gasteiger charge is 2.18. The molecule has 9 aromatic rings. The normalized spacial score (nSPS) is 11.2. The van der Waals surface area contributed by atoms with E-state index in [9.17, 15) is 0 Å². The van der Waals surface area contributed by atoms with Crippen LogP contribution in [0.2, 0.25) is 0 Å². The third-order valence-corrected chi connectivity index (χ3v) is 9.28. The number of hydrogen-bond donors (Lipinski definition) is 0. The summed E-state index contributed by atoms with van der Waals surface area (Å²) in [6, 6.07) is 65.6. The first kappa shape index (κ1) is 29.4. The molecule has 234 valence electrons. The molecule has 0 fully saturated rings. The van der Waals surface area contributed by atoms with E-state index in [1.807, 2.05) is 42.5 Å². The molecule has 0 saturated heterocycles. The predicted octanol–water partition coefficient (Wildman–Crippen LogP) is 12.2. The minimum atomic E-state index is 0.691. The summed E-state index contributed by atoms with van der Waals surface area (Å²) in [4.78, 5) is 15.5. The smallest absolute Gasteiger partial charge is 0.160 e. The van der Waals surface area contributed by atoms with Crippen LogP contribution in [0.1, 0.15) is 0 Å². The van der Waals surface area contributed by atoms with Gasteiger partial charge >= 0.3 is 0 Å². The molecule has 0 radical (unpaired) electrons. The highest BCUT2D eigenvalue weighted by Crippen LogP contribution is 2.41. The Kier molecular flexibility index (Phi) is 7.49. The molecule has 2 heterocycles. The highest BCUT2D eigenvalue weighted by molar-refractivity contribution is 6.18. The Morgan fingerprint density at radius 1 is 0.300 bits per heavy atom. The van der Waals surface area contributed by atoms with Crippen molar-refractivity contribution in [2.75, 3.05) is 0 Å². The topological polar surface area (TPSA) is 38.7 Å². The summed E-state index contributed by atoms with van der Waals surface area (Å²) in [6.45, 7) is 0. The zero-order valence-corrected chi connectivity index (χ0v) is 27.2. The van der Waals surface area contributed by atoms with Gasteiger partial charge in [-0.1, -0.05) is 170 Å². The van der Waals surface area contributed by atoms with Crippen molar-refractivity contribution in [1.29, 1.82) is 0 Å². The van der Waals surface area contributed by atoms with Crippen LogP contribution in [0.5, 0.6) is 0 Å². The number of aromatic nitrogens is 3. The summed E-state index contributed by atoms with van der Waals surface area (Å²) in [5.74, 6) is 0.691. The van der Waals surface area contributed by atoms with Crippen molar-refractivity contribution in [2.45, 2.75) is 0 Å². The van der Waals surface area contributed by atoms with Gasteiger partial charge in [-0.25, -0.2) is 15.0 Å². The van der Waals surface area contributed by atoms with E-state index in [4.69, 9.17) is 15.0 Å². The number of pyridine rings is 1. The van der Waals surface area contributed by atoms with Crippen LogP contribution in [0.25, 0.3) is 89.1 Å². The van der Waals surface area contributed by atoms with Gasteiger partial charge in [-0.05, 0) is 45.7 Å². The monoisotopic (exact) mass is 637 g/mol. The molecule has 0 bridgehead atoms. The molecule has 9 rings (SSSR count). The Bertz CT molecular complexity index is 2540. The fraction of sp³-hybridized carbons (Fsp3) is 0. The molecule has 0 aliphatic heterocycles. The maximum absolute atomic E-state index is 5.40. The molecule has 0 aliphatic rings. The van der Waals surface area contributed by atoms with Gasteiger partial charge in [-0.3, -0.25) is 0 Å². The number of rotatable bonds is 6. The SMILES string of the molecule is c1ccc(-c2cc(-c3ccccc3)nc(-c3ccc(-c4cc5ccccc5c5c(-c6ccccc6)cc(-c6ccccc6)nc45)cc3)n2)cc1. The minimum Gasteiger partial charge on any atom is -0.247 e. The van der Waals surface area contributed by atoms with E-state index in [2.05, 4.69) is 146 Å². The van der Waals surface area contributed by atoms with Crippen LogP contribution in [-0.2, 0) is 0 Å². The second-order valence-electron chi connectivity index (χ2n) is 12.4. The molecule has 0 saturated carbocycles. The van der Waals surface area contributed by atoms with E-state index < -0.39 is 0 Å². The van der Waals surface area contributed by atoms with Crippen LogP contribution in [0.15, 0.2) is 188 Å². The van der Waals surface area contributed by atoms with E-state index in [1.54, 1.807) is 0 Å². The molecular weight excluding hydrogens is 607 g/mol. The van der Waals surface area contributed by atoms with Crippen molar-refractivity contribution in [3.8, 4) is 67.4 Å². The lowest BCUT2D eigenvalue weighted by atomic mass is 9.90. The van der Waals surface area contributed by atoms with Crippen LogP contribution in [0, 0.1) is 0 Å². The second-order valence-corrected chi connectivity index (χ2v) is 12.4. The van der Waals surface area contributed by atoms with E-state index in [0.717, 1.165) is 61.4 Å². The molecule has 0 unspecified atom stereocenters. The summed E-state index contributed by atoms with van der Waals surface area (Å²) in [5.41, 5.74) is 12.4. The maximum atomic E-state index is 5.40. The molecular formula is C47H31N3. The molecule has 7 aromatic carbocycles. The van der Waals surface area contributed by atoms with Crippen LogP contribution >= 0.6 is 0 Å². The molecule has 0 N–H and O–H groups in total. The summed E-state index contributed by atoms with van der Waals surface area (Å²) >= 11 is 0. The zero-order valence-electron chi connectivity index (χ0n) is 27.2. The van der Waals surface area contributed by atoms with Gasteiger partial charge in [-0.2, -0.15) is 0 Å². The molecule has 2 aromatic heterocycles. The van der Waals surface area contributed by atoms with Crippen molar-refractivity contribution in [3.05, 3.63) is 188 Å². The third-order valence-electron chi connectivity index (χ3n) is 9.28. The summed E-state index contributed by atoms with van der Waals surface area (Å²) in [5, 5.41) is 3.52. The summed E-state index contributed by atoms with van der Waals surface area (Å²) in [6.07, 6.45) is 0. The Hall–Kier alpha value is -6.71. The molecule has 3 nitrogen and oxygen atoms in total. The number of benzene rings is 7. The quantitative estimate of drug-likeness (QED) is 0.170. The lowest BCUT2D eigenvalue weighted by Crippen LogP contribution is -1.96. The molecule has 0 atom stereocenters. The van der Waals surface area contributed by atoms with Gasteiger partial charge in [-0.15, -0.1) is 0 Å². The number of nitrogens with zero attached hydrogens (tertiary/aromatic N) is 3. The zero-order chi connectivity index (χ0) is 33.3. The van der Waals surface area contributed by atoms with Gasteiger partial charge in [0.05, 0.1) is 22.6 Å². The number of fused-ring (bicyclic) bond motifs is 3. The third kappa shape index (κ3) is 5.51. The molecule has 3 heteroatoms. The van der Waals surface area contributed by atoms with Crippen LogP contribution in [0.3, 0.4) is 0 Å². The molecule has 0 spiro atoms. The second kappa shape index (κ2) is 12.7. The first-order valence-corrected chi connectivity index (χ1v) is 16.9. The fourth-order valence-corrected chi connectivity index (χ4v) is 6.80. The molecule has 0 aliphatic carbocycles. The van der Waals surface area contributed by atoms with Crippen LogP contribution in [-0.4, -0.2) is 15.0 Å². The van der Waals surface area contributed by atoms with E-state index in [0.29, 0.717) is 5.82 Å². The van der Waals surface area contributed by atoms with Gasteiger partial charge in [0.15, 0.2) is 5.82 Å². The van der Waals surface area contributed by atoms with Crippen molar-refractivity contribution >= 4 is 21.7 Å². The lowest BCUT2D eigenvalue weighted by molar-refractivity contribution is 1.18. The average molecular weight is 638 g/mol. The Morgan fingerprint density at radius 2 is 0.740 bits per heavy atom. The molecule has 0 amide bonds. The lowest BCUT2D eigenvalue weighted by Gasteiger charge is -2.17. The van der Waals surface area contributed by atoms with E-state index in [-0.39, 0.29) is 0 Å². The maximum Gasteiger partial charge on any atom is 0.160 e. The van der Waals surface area contributed by atoms with E-state index in [1.165, 1.54) is 21.9 Å². The Labute approximate surface area is 291 Å². The fourth-order valence-electron chi connectivity index (χ4n) is 6.80.